The molecular weight excluding hydrogens is 436 g/mol. The van der Waals surface area contributed by atoms with Crippen LogP contribution in [0.25, 0.3) is 0 Å². The maximum atomic E-state index is 14.0. The van der Waals surface area contributed by atoms with Crippen molar-refractivity contribution >= 4 is 17.8 Å². The summed E-state index contributed by atoms with van der Waals surface area (Å²) in [5, 5.41) is 9.26. The molecule has 8 nitrogen and oxygen atoms in total. The lowest BCUT2D eigenvalue weighted by Gasteiger charge is -2.36. The van der Waals surface area contributed by atoms with Gasteiger partial charge in [0, 0.05) is 26.2 Å². The summed E-state index contributed by atoms with van der Waals surface area (Å²) < 4.78 is 11.9. The Balaban J connectivity index is 1.90. The molecule has 0 aromatic heterocycles. The Bertz CT molecular complexity index is 770. The van der Waals surface area contributed by atoms with Crippen molar-refractivity contribution in [3.8, 4) is 0 Å². The van der Waals surface area contributed by atoms with Crippen molar-refractivity contribution in [1.82, 2.24) is 9.80 Å². The van der Waals surface area contributed by atoms with Gasteiger partial charge in [0.25, 0.3) is 0 Å². The maximum absolute atomic E-state index is 14.0. The standard InChI is InChI=1S/C26H40N2O6/c1-4-7-9-15-27(14-6-3)24(31)22-26-13-12-19(34-26)20(25(32)33-18-8-5-2)21(26)23(30)28(22)16-10-11-17-29/h5-6,19-22,29H,2-4,7-18H2,1H3/t19-,20+,21-,22?,26?/m0/s1. The number of amides is 2. The predicted octanol–water partition coefficient (Wildman–Crippen LogP) is 2.46. The number of fused-ring (bicyclic) bond motifs is 1. The van der Waals surface area contributed by atoms with Crippen molar-refractivity contribution in [2.24, 2.45) is 11.8 Å². The molecule has 0 radical (unpaired) electrons. The van der Waals surface area contributed by atoms with Crippen LogP contribution in [0.5, 0.6) is 0 Å². The van der Waals surface area contributed by atoms with Crippen molar-refractivity contribution in [2.75, 3.05) is 32.8 Å². The highest BCUT2D eigenvalue weighted by Crippen LogP contribution is 2.58. The lowest BCUT2D eigenvalue weighted by Crippen LogP contribution is -2.56. The van der Waals surface area contributed by atoms with Crippen LogP contribution in [0.2, 0.25) is 0 Å². The number of nitrogens with zero attached hydrogens (tertiary/aromatic N) is 2. The lowest BCUT2D eigenvalue weighted by atomic mass is 9.70. The topological polar surface area (TPSA) is 96.4 Å². The molecule has 3 aliphatic rings. The number of hydrogen-bond donors (Lipinski definition) is 1. The highest BCUT2D eigenvalue weighted by atomic mass is 16.6. The highest BCUT2D eigenvalue weighted by Gasteiger charge is 2.74. The van der Waals surface area contributed by atoms with E-state index in [-0.39, 0.29) is 25.0 Å². The second-order valence-electron chi connectivity index (χ2n) is 9.54. The third-order valence-electron chi connectivity index (χ3n) is 7.37. The number of aliphatic hydroxyl groups excluding tert-OH is 1. The smallest absolute Gasteiger partial charge is 0.312 e. The van der Waals surface area contributed by atoms with Crippen molar-refractivity contribution in [3.63, 3.8) is 0 Å². The second kappa shape index (κ2) is 12.0. The molecule has 34 heavy (non-hydrogen) atoms. The molecule has 2 unspecified atom stereocenters. The normalized spacial score (nSPS) is 29.2. The van der Waals surface area contributed by atoms with E-state index in [0.29, 0.717) is 51.7 Å². The van der Waals surface area contributed by atoms with Gasteiger partial charge in [0.15, 0.2) is 0 Å². The maximum Gasteiger partial charge on any atom is 0.312 e. The first-order valence-corrected chi connectivity index (χ1v) is 12.7. The summed E-state index contributed by atoms with van der Waals surface area (Å²) in [5.74, 6) is -2.20. The molecule has 2 amide bonds. The van der Waals surface area contributed by atoms with Crippen molar-refractivity contribution in [2.45, 2.75) is 76.0 Å². The van der Waals surface area contributed by atoms with Crippen LogP contribution in [-0.4, -0.2) is 83.3 Å². The first-order valence-electron chi connectivity index (χ1n) is 12.7. The van der Waals surface area contributed by atoms with E-state index in [4.69, 9.17) is 9.47 Å². The van der Waals surface area contributed by atoms with Crippen LogP contribution in [0, 0.1) is 11.8 Å². The number of carbonyl (C=O) groups excluding carboxylic acids is 3. The molecule has 3 aliphatic heterocycles. The van der Waals surface area contributed by atoms with E-state index >= 15 is 0 Å². The number of likely N-dealkylation sites (tertiary alicyclic amines) is 1. The van der Waals surface area contributed by atoms with Crippen molar-refractivity contribution in [1.29, 1.82) is 0 Å². The molecule has 3 fully saturated rings. The van der Waals surface area contributed by atoms with Gasteiger partial charge in [-0.25, -0.2) is 0 Å². The average Bonchev–Trinajstić information content (AvgIpc) is 3.46. The minimum absolute atomic E-state index is 0.0195. The van der Waals surface area contributed by atoms with E-state index < -0.39 is 35.6 Å². The van der Waals surface area contributed by atoms with E-state index in [2.05, 4.69) is 20.1 Å². The molecule has 0 saturated carbocycles. The summed E-state index contributed by atoms with van der Waals surface area (Å²) in [7, 11) is 0. The SMILES string of the molecule is C=CCCOC(=O)[C@@H]1[C@@H]2CCC3(O2)C(C(=O)N(CC=C)CCCCC)N(CCCCO)C(=O)[C@H]13. The number of hydrogen-bond acceptors (Lipinski definition) is 6. The number of aliphatic hydroxyl groups is 1. The Morgan fingerprint density at radius 2 is 2.06 bits per heavy atom. The van der Waals surface area contributed by atoms with Crippen LogP contribution >= 0.6 is 0 Å². The van der Waals surface area contributed by atoms with Crippen LogP contribution in [0.15, 0.2) is 25.3 Å². The van der Waals surface area contributed by atoms with E-state index in [1.54, 1.807) is 22.0 Å². The molecule has 0 aromatic rings. The van der Waals surface area contributed by atoms with Gasteiger partial charge in [0.1, 0.15) is 11.6 Å². The molecule has 5 atom stereocenters. The molecule has 8 heteroatoms. The van der Waals surface area contributed by atoms with Crippen LogP contribution < -0.4 is 0 Å². The summed E-state index contributed by atoms with van der Waals surface area (Å²) >= 11 is 0. The lowest BCUT2D eigenvalue weighted by molar-refractivity contribution is -0.155. The molecule has 0 aliphatic carbocycles. The third-order valence-corrected chi connectivity index (χ3v) is 7.37. The van der Waals surface area contributed by atoms with Gasteiger partial charge < -0.3 is 24.4 Å². The molecule has 3 heterocycles. The van der Waals surface area contributed by atoms with Gasteiger partial charge in [0.2, 0.25) is 11.8 Å². The van der Waals surface area contributed by atoms with Crippen LogP contribution in [-0.2, 0) is 23.9 Å². The monoisotopic (exact) mass is 476 g/mol. The van der Waals surface area contributed by atoms with Crippen LogP contribution in [0.1, 0.15) is 58.3 Å². The highest BCUT2D eigenvalue weighted by molar-refractivity contribution is 5.98. The summed E-state index contributed by atoms with van der Waals surface area (Å²) in [6.07, 6.45) is 8.73. The summed E-state index contributed by atoms with van der Waals surface area (Å²) in [4.78, 5) is 44.1. The number of esters is 1. The Hall–Kier alpha value is -2.19. The Kier molecular flexibility index (Phi) is 9.31. The first kappa shape index (κ1) is 26.4. The zero-order valence-corrected chi connectivity index (χ0v) is 20.5. The van der Waals surface area contributed by atoms with Gasteiger partial charge in [-0.1, -0.05) is 31.9 Å². The first-order chi connectivity index (χ1) is 16.5. The second-order valence-corrected chi connectivity index (χ2v) is 9.54. The molecule has 1 N–H and O–H groups in total. The van der Waals surface area contributed by atoms with Gasteiger partial charge in [-0.2, -0.15) is 0 Å². The van der Waals surface area contributed by atoms with E-state index in [1.807, 2.05) is 0 Å². The van der Waals surface area contributed by atoms with E-state index in [9.17, 15) is 19.5 Å². The molecule has 3 rings (SSSR count). The van der Waals surface area contributed by atoms with E-state index in [1.165, 1.54) is 0 Å². The fourth-order valence-electron chi connectivity index (χ4n) is 5.85. The van der Waals surface area contributed by atoms with Crippen LogP contribution in [0.3, 0.4) is 0 Å². The van der Waals surface area contributed by atoms with Gasteiger partial charge in [-0.05, 0) is 38.5 Å². The van der Waals surface area contributed by atoms with Crippen molar-refractivity contribution < 1.29 is 29.0 Å². The Morgan fingerprint density at radius 1 is 1.26 bits per heavy atom. The van der Waals surface area contributed by atoms with Gasteiger partial charge in [-0.15, -0.1) is 13.2 Å². The van der Waals surface area contributed by atoms with Gasteiger partial charge in [0.05, 0.1) is 24.5 Å². The molecule has 0 aromatic carbocycles. The fraction of sp³-hybridized carbons (Fsp3) is 0.731. The van der Waals surface area contributed by atoms with Crippen molar-refractivity contribution in [3.05, 3.63) is 25.3 Å². The number of unbranched alkanes of at least 4 members (excludes halogenated alkanes) is 3. The summed E-state index contributed by atoms with van der Waals surface area (Å²) in [5.41, 5.74) is -1.01. The number of ether oxygens (including phenoxy) is 2. The van der Waals surface area contributed by atoms with Gasteiger partial charge in [-0.3, -0.25) is 14.4 Å². The largest absolute Gasteiger partial charge is 0.465 e. The molecule has 2 bridgehead atoms. The predicted molar refractivity (Wildman–Crippen MR) is 128 cm³/mol. The summed E-state index contributed by atoms with van der Waals surface area (Å²) in [6, 6.07) is -0.777. The molecular formula is C26H40N2O6. The Labute approximate surface area is 202 Å². The third kappa shape index (κ3) is 4.93. The minimum Gasteiger partial charge on any atom is -0.465 e. The van der Waals surface area contributed by atoms with Crippen LogP contribution in [0.4, 0.5) is 0 Å². The van der Waals surface area contributed by atoms with E-state index in [0.717, 1.165) is 19.3 Å². The molecule has 190 valence electrons. The molecule has 3 saturated heterocycles. The quantitative estimate of drug-likeness (QED) is 0.222. The average molecular weight is 477 g/mol. The fourth-order valence-corrected chi connectivity index (χ4v) is 5.85. The zero-order valence-electron chi connectivity index (χ0n) is 20.5. The van der Waals surface area contributed by atoms with Gasteiger partial charge >= 0.3 is 5.97 Å². The summed E-state index contributed by atoms with van der Waals surface area (Å²) in [6.45, 7) is 11.1. The molecule has 1 spiro atoms. The number of carbonyl (C=O) groups is 3. The minimum atomic E-state index is -1.01. The Morgan fingerprint density at radius 3 is 2.74 bits per heavy atom. The zero-order chi connectivity index (χ0) is 24.7. The number of rotatable bonds is 15.